The standard InChI is InChI=1S/C15H19N3O2S/c1-12-11-13-5-2-3-6-14(13)17-15(12)16-7-9-18-8-4-10-21(18,19)20/h2-3,5-6,11H,4,7-10H2,1H3,(H,16,17). The number of aromatic nitrogens is 1. The van der Waals surface area contributed by atoms with Crippen LogP contribution in [-0.4, -0.2) is 43.1 Å². The van der Waals surface area contributed by atoms with Gasteiger partial charge < -0.3 is 5.32 Å². The molecule has 0 unspecified atom stereocenters. The molecule has 112 valence electrons. The van der Waals surface area contributed by atoms with Gasteiger partial charge in [0.25, 0.3) is 0 Å². The van der Waals surface area contributed by atoms with E-state index in [0.29, 0.717) is 19.6 Å². The summed E-state index contributed by atoms with van der Waals surface area (Å²) >= 11 is 0. The molecule has 3 rings (SSSR count). The second-order valence-corrected chi connectivity index (χ2v) is 7.43. The predicted molar refractivity (Wildman–Crippen MR) is 84.9 cm³/mol. The van der Waals surface area contributed by atoms with Gasteiger partial charge in [-0.15, -0.1) is 0 Å². The Kier molecular flexibility index (Phi) is 3.82. The number of pyridine rings is 1. The molecule has 1 N–H and O–H groups in total. The molecule has 2 aromatic rings. The number of nitrogens with zero attached hydrogens (tertiary/aromatic N) is 2. The molecule has 1 aliphatic rings. The van der Waals surface area contributed by atoms with E-state index in [1.807, 2.05) is 31.2 Å². The molecule has 1 aromatic carbocycles. The molecule has 21 heavy (non-hydrogen) atoms. The molecule has 0 saturated carbocycles. The number of hydrogen-bond acceptors (Lipinski definition) is 4. The second-order valence-electron chi connectivity index (χ2n) is 5.34. The van der Waals surface area contributed by atoms with Gasteiger partial charge in [0.1, 0.15) is 5.82 Å². The van der Waals surface area contributed by atoms with E-state index >= 15 is 0 Å². The molecule has 1 aromatic heterocycles. The van der Waals surface area contributed by atoms with E-state index in [-0.39, 0.29) is 5.75 Å². The van der Waals surface area contributed by atoms with Gasteiger partial charge in [0.05, 0.1) is 11.3 Å². The Balaban J connectivity index is 1.69. The number of rotatable bonds is 4. The Morgan fingerprint density at radius 3 is 2.90 bits per heavy atom. The summed E-state index contributed by atoms with van der Waals surface area (Å²) < 4.78 is 25.0. The van der Waals surface area contributed by atoms with Crippen LogP contribution in [-0.2, 0) is 10.0 Å². The lowest BCUT2D eigenvalue weighted by Gasteiger charge is -2.15. The number of fused-ring (bicyclic) bond motifs is 1. The third-order valence-corrected chi connectivity index (χ3v) is 5.73. The lowest BCUT2D eigenvalue weighted by Crippen LogP contribution is -2.30. The van der Waals surface area contributed by atoms with Gasteiger partial charge in [0.15, 0.2) is 0 Å². The molecule has 0 atom stereocenters. The van der Waals surface area contributed by atoms with Crippen molar-refractivity contribution >= 4 is 26.7 Å². The average Bonchev–Trinajstić information content (AvgIpc) is 2.78. The summed E-state index contributed by atoms with van der Waals surface area (Å²) in [5.74, 6) is 1.10. The fourth-order valence-electron chi connectivity index (χ4n) is 2.64. The van der Waals surface area contributed by atoms with Crippen LogP contribution in [0.2, 0.25) is 0 Å². The molecule has 0 amide bonds. The first-order chi connectivity index (χ1) is 10.1. The Morgan fingerprint density at radius 2 is 2.14 bits per heavy atom. The normalized spacial score (nSPS) is 18.1. The summed E-state index contributed by atoms with van der Waals surface area (Å²) in [6.07, 6.45) is 0.732. The molecule has 2 heterocycles. The zero-order valence-electron chi connectivity index (χ0n) is 12.0. The highest BCUT2D eigenvalue weighted by Gasteiger charge is 2.27. The van der Waals surface area contributed by atoms with Crippen LogP contribution in [0.1, 0.15) is 12.0 Å². The van der Waals surface area contributed by atoms with Crippen molar-refractivity contribution in [3.05, 3.63) is 35.9 Å². The lowest BCUT2D eigenvalue weighted by atomic mass is 10.1. The van der Waals surface area contributed by atoms with Crippen molar-refractivity contribution in [1.82, 2.24) is 9.29 Å². The van der Waals surface area contributed by atoms with E-state index in [0.717, 1.165) is 28.7 Å². The first-order valence-electron chi connectivity index (χ1n) is 7.14. The van der Waals surface area contributed by atoms with Gasteiger partial charge >= 0.3 is 0 Å². The molecule has 5 nitrogen and oxygen atoms in total. The van der Waals surface area contributed by atoms with Crippen LogP contribution >= 0.6 is 0 Å². The Bertz CT molecular complexity index is 759. The topological polar surface area (TPSA) is 62.3 Å². The van der Waals surface area contributed by atoms with Crippen LogP contribution < -0.4 is 5.32 Å². The second kappa shape index (κ2) is 5.61. The summed E-state index contributed by atoms with van der Waals surface area (Å²) in [6.45, 7) is 3.71. The molecule has 1 fully saturated rings. The SMILES string of the molecule is Cc1cc2ccccc2nc1NCCN1CCCS1(=O)=O. The van der Waals surface area contributed by atoms with E-state index in [1.54, 1.807) is 4.31 Å². The summed E-state index contributed by atoms with van der Waals surface area (Å²) in [5.41, 5.74) is 2.01. The zero-order chi connectivity index (χ0) is 14.9. The zero-order valence-corrected chi connectivity index (χ0v) is 12.9. The molecule has 0 radical (unpaired) electrons. The van der Waals surface area contributed by atoms with Crippen molar-refractivity contribution in [1.29, 1.82) is 0 Å². The first-order valence-corrected chi connectivity index (χ1v) is 8.75. The van der Waals surface area contributed by atoms with Crippen molar-refractivity contribution in [2.24, 2.45) is 0 Å². The van der Waals surface area contributed by atoms with E-state index < -0.39 is 10.0 Å². The number of aryl methyl sites for hydroxylation is 1. The van der Waals surface area contributed by atoms with Crippen LogP contribution in [0.3, 0.4) is 0 Å². The third-order valence-electron chi connectivity index (χ3n) is 3.77. The summed E-state index contributed by atoms with van der Waals surface area (Å²) in [6, 6.07) is 10.1. The number of sulfonamides is 1. The van der Waals surface area contributed by atoms with Gasteiger partial charge in [0, 0.05) is 25.0 Å². The fourth-order valence-corrected chi connectivity index (χ4v) is 4.17. The summed E-state index contributed by atoms with van der Waals surface area (Å²) in [7, 11) is -3.01. The van der Waals surface area contributed by atoms with Crippen LogP contribution in [0.4, 0.5) is 5.82 Å². The smallest absolute Gasteiger partial charge is 0.214 e. The van der Waals surface area contributed by atoms with Gasteiger partial charge in [-0.05, 0) is 31.0 Å². The molecule has 6 heteroatoms. The number of nitrogens with one attached hydrogen (secondary N) is 1. The minimum absolute atomic E-state index is 0.278. The Hall–Kier alpha value is -1.66. The maximum absolute atomic E-state index is 11.7. The van der Waals surface area contributed by atoms with Crippen molar-refractivity contribution < 1.29 is 8.42 Å². The maximum atomic E-state index is 11.7. The van der Waals surface area contributed by atoms with Crippen LogP contribution in [0, 0.1) is 6.92 Å². The van der Waals surface area contributed by atoms with Crippen molar-refractivity contribution in [2.75, 3.05) is 30.7 Å². The minimum atomic E-state index is -3.01. The predicted octanol–water partition coefficient (Wildman–Crippen LogP) is 1.99. The minimum Gasteiger partial charge on any atom is -0.369 e. The van der Waals surface area contributed by atoms with E-state index in [9.17, 15) is 8.42 Å². The highest BCUT2D eigenvalue weighted by Crippen LogP contribution is 2.19. The summed E-state index contributed by atoms with van der Waals surface area (Å²) in [5, 5.41) is 4.37. The molecular formula is C15H19N3O2S. The molecule has 1 saturated heterocycles. The van der Waals surface area contributed by atoms with Gasteiger partial charge in [-0.2, -0.15) is 0 Å². The fraction of sp³-hybridized carbons (Fsp3) is 0.400. The number of benzene rings is 1. The van der Waals surface area contributed by atoms with E-state index in [4.69, 9.17) is 0 Å². The molecule has 0 aliphatic carbocycles. The maximum Gasteiger partial charge on any atom is 0.214 e. The third kappa shape index (κ3) is 3.01. The van der Waals surface area contributed by atoms with Crippen molar-refractivity contribution in [2.45, 2.75) is 13.3 Å². The van der Waals surface area contributed by atoms with E-state index in [1.165, 1.54) is 0 Å². The monoisotopic (exact) mass is 305 g/mol. The highest BCUT2D eigenvalue weighted by atomic mass is 32.2. The Morgan fingerprint density at radius 1 is 1.33 bits per heavy atom. The highest BCUT2D eigenvalue weighted by molar-refractivity contribution is 7.89. The van der Waals surface area contributed by atoms with Crippen LogP contribution in [0.5, 0.6) is 0 Å². The van der Waals surface area contributed by atoms with Gasteiger partial charge in [-0.25, -0.2) is 17.7 Å². The molecular weight excluding hydrogens is 286 g/mol. The largest absolute Gasteiger partial charge is 0.369 e. The first kappa shape index (κ1) is 14.3. The average molecular weight is 305 g/mol. The van der Waals surface area contributed by atoms with E-state index in [2.05, 4.69) is 16.4 Å². The van der Waals surface area contributed by atoms with Crippen LogP contribution in [0.15, 0.2) is 30.3 Å². The van der Waals surface area contributed by atoms with Gasteiger partial charge in [-0.1, -0.05) is 18.2 Å². The quantitative estimate of drug-likeness (QED) is 0.938. The number of hydrogen-bond donors (Lipinski definition) is 1. The number of para-hydroxylation sites is 1. The Labute approximate surface area is 125 Å². The van der Waals surface area contributed by atoms with Crippen LogP contribution in [0.25, 0.3) is 10.9 Å². The van der Waals surface area contributed by atoms with Gasteiger partial charge in [0.2, 0.25) is 10.0 Å². The van der Waals surface area contributed by atoms with Crippen molar-refractivity contribution in [3.8, 4) is 0 Å². The number of anilines is 1. The molecule has 0 bridgehead atoms. The summed E-state index contributed by atoms with van der Waals surface area (Å²) in [4.78, 5) is 4.60. The molecule has 1 aliphatic heterocycles. The lowest BCUT2D eigenvalue weighted by molar-refractivity contribution is 0.456. The van der Waals surface area contributed by atoms with Crippen molar-refractivity contribution in [3.63, 3.8) is 0 Å². The molecule has 0 spiro atoms. The van der Waals surface area contributed by atoms with Gasteiger partial charge in [-0.3, -0.25) is 0 Å².